The maximum absolute atomic E-state index is 13.2. The molecule has 10 nitrogen and oxygen atoms in total. The third-order valence-electron chi connectivity index (χ3n) is 7.19. The Kier molecular flexibility index (Phi) is 7.88. The Labute approximate surface area is 232 Å². The zero-order valence-electron chi connectivity index (χ0n) is 21.1. The van der Waals surface area contributed by atoms with E-state index < -0.39 is 33.6 Å². The van der Waals surface area contributed by atoms with Crippen molar-refractivity contribution in [2.24, 2.45) is 0 Å². The van der Waals surface area contributed by atoms with Gasteiger partial charge in [-0.3, -0.25) is 9.88 Å². The first-order chi connectivity index (χ1) is 18.9. The zero-order chi connectivity index (χ0) is 28.7. The molecule has 0 spiro atoms. The number of aromatic nitrogens is 1. The number of piperidine rings is 1. The van der Waals surface area contributed by atoms with Crippen molar-refractivity contribution in [2.75, 3.05) is 39.3 Å². The van der Waals surface area contributed by atoms with Crippen LogP contribution in [0.2, 0.25) is 5.02 Å². The molecule has 216 valence electrons. The number of oxazole rings is 1. The molecule has 2 aromatic carbocycles. The molecule has 1 aromatic heterocycles. The number of aromatic amines is 1. The molecule has 0 atom stereocenters. The fraction of sp³-hybridized carbons (Fsp3) is 0.440. The van der Waals surface area contributed by atoms with Gasteiger partial charge in [-0.15, -0.1) is 0 Å². The van der Waals surface area contributed by atoms with E-state index in [1.165, 1.54) is 33.5 Å². The predicted octanol–water partition coefficient (Wildman–Crippen LogP) is 3.90. The number of fused-ring (bicyclic) bond motifs is 1. The standard InChI is InChI=1S/C25H26ClF3N4O6S/c26-18-12-16(11-17(13-18)25(27,28)29)15-38-24(35)32-9-7-31(8-10-32)19-3-5-33(6-4-19)40(36,37)20-1-2-21-22(14-20)39-23(34)30-21/h1-2,11-14,19H,3-10,15H2,(H,30,34). The van der Waals surface area contributed by atoms with Gasteiger partial charge in [0.1, 0.15) is 6.61 Å². The summed E-state index contributed by atoms with van der Waals surface area (Å²) in [6.45, 7) is 2.19. The minimum Gasteiger partial charge on any atom is -0.445 e. The molecule has 40 heavy (non-hydrogen) atoms. The number of H-pyrrole nitrogens is 1. The number of hydrogen-bond acceptors (Lipinski definition) is 7. The van der Waals surface area contributed by atoms with E-state index in [1.807, 2.05) is 0 Å². The Morgan fingerprint density at radius 1 is 1.05 bits per heavy atom. The van der Waals surface area contributed by atoms with E-state index in [1.54, 1.807) is 0 Å². The second kappa shape index (κ2) is 11.1. The van der Waals surface area contributed by atoms with Crippen LogP contribution in [0.4, 0.5) is 18.0 Å². The lowest BCUT2D eigenvalue weighted by Crippen LogP contribution is -2.54. The molecule has 3 heterocycles. The molecule has 1 N–H and O–H groups in total. The minimum absolute atomic E-state index is 0.0562. The van der Waals surface area contributed by atoms with Gasteiger partial charge in [0.05, 0.1) is 16.0 Å². The number of carbonyl (C=O) groups excluding carboxylic acids is 1. The van der Waals surface area contributed by atoms with Crippen molar-refractivity contribution in [3.05, 3.63) is 63.1 Å². The van der Waals surface area contributed by atoms with E-state index in [0.717, 1.165) is 12.1 Å². The number of nitrogens with one attached hydrogen (secondary N) is 1. The number of hydrogen-bond donors (Lipinski definition) is 1. The third kappa shape index (κ3) is 6.14. The highest BCUT2D eigenvalue weighted by atomic mass is 35.5. The van der Waals surface area contributed by atoms with Crippen LogP contribution in [-0.4, -0.2) is 78.9 Å². The summed E-state index contributed by atoms with van der Waals surface area (Å²) in [5, 5.41) is -0.0941. The van der Waals surface area contributed by atoms with Crippen molar-refractivity contribution in [3.63, 3.8) is 0 Å². The number of piperazine rings is 1. The van der Waals surface area contributed by atoms with Crippen molar-refractivity contribution >= 4 is 38.8 Å². The highest BCUT2D eigenvalue weighted by Crippen LogP contribution is 2.32. The summed E-state index contributed by atoms with van der Waals surface area (Å²) in [5.41, 5.74) is -0.165. The topological polar surface area (TPSA) is 116 Å². The first-order valence-corrected chi connectivity index (χ1v) is 14.4. The molecule has 0 unspecified atom stereocenters. The summed E-state index contributed by atoms with van der Waals surface area (Å²) < 4.78 is 77.0. The van der Waals surface area contributed by atoms with Gasteiger partial charge in [-0.25, -0.2) is 18.0 Å². The molecule has 2 saturated heterocycles. The Morgan fingerprint density at radius 2 is 1.75 bits per heavy atom. The van der Waals surface area contributed by atoms with E-state index in [9.17, 15) is 31.2 Å². The number of ether oxygens (including phenoxy) is 1. The van der Waals surface area contributed by atoms with E-state index in [0.29, 0.717) is 57.6 Å². The molecule has 2 aliphatic heterocycles. The van der Waals surface area contributed by atoms with Crippen LogP contribution in [-0.2, 0) is 27.5 Å². The number of benzene rings is 2. The lowest BCUT2D eigenvalue weighted by molar-refractivity contribution is -0.137. The minimum atomic E-state index is -4.56. The van der Waals surface area contributed by atoms with Crippen LogP contribution in [0.3, 0.4) is 0 Å². The normalized spacial score (nSPS) is 18.4. The van der Waals surface area contributed by atoms with Gasteiger partial charge in [0, 0.05) is 56.4 Å². The molecule has 2 aliphatic rings. The highest BCUT2D eigenvalue weighted by Gasteiger charge is 2.34. The van der Waals surface area contributed by atoms with Crippen LogP contribution >= 0.6 is 11.6 Å². The Morgan fingerprint density at radius 3 is 2.42 bits per heavy atom. The SMILES string of the molecule is O=C(OCc1cc(Cl)cc(C(F)(F)F)c1)N1CCN(C2CCN(S(=O)(=O)c3ccc4[nH]c(=O)oc4c3)CC2)CC1. The van der Waals surface area contributed by atoms with Crippen molar-refractivity contribution in [1.82, 2.24) is 19.1 Å². The summed E-state index contributed by atoms with van der Waals surface area (Å²) >= 11 is 5.79. The second-order valence-corrected chi connectivity index (χ2v) is 12.1. The van der Waals surface area contributed by atoms with E-state index in [4.69, 9.17) is 20.8 Å². The van der Waals surface area contributed by atoms with Crippen LogP contribution < -0.4 is 5.76 Å². The maximum atomic E-state index is 13.2. The molecule has 0 radical (unpaired) electrons. The fourth-order valence-electron chi connectivity index (χ4n) is 5.09. The molecule has 3 aromatic rings. The summed E-state index contributed by atoms with van der Waals surface area (Å²) in [6, 6.07) is 7.46. The Hall–Kier alpha value is -3.07. The lowest BCUT2D eigenvalue weighted by Gasteiger charge is -2.42. The van der Waals surface area contributed by atoms with Crippen LogP contribution in [0.25, 0.3) is 11.1 Å². The first-order valence-electron chi connectivity index (χ1n) is 12.6. The lowest BCUT2D eigenvalue weighted by atomic mass is 10.0. The van der Waals surface area contributed by atoms with Gasteiger partial charge >= 0.3 is 18.0 Å². The zero-order valence-corrected chi connectivity index (χ0v) is 22.7. The van der Waals surface area contributed by atoms with Crippen molar-refractivity contribution < 1.29 is 35.5 Å². The molecule has 0 aliphatic carbocycles. The van der Waals surface area contributed by atoms with Gasteiger partial charge in [-0.1, -0.05) is 11.6 Å². The fourth-order valence-corrected chi connectivity index (χ4v) is 6.83. The van der Waals surface area contributed by atoms with Crippen LogP contribution in [0, 0.1) is 0 Å². The maximum Gasteiger partial charge on any atom is 0.417 e. The second-order valence-electron chi connectivity index (χ2n) is 9.73. The largest absolute Gasteiger partial charge is 0.445 e. The van der Waals surface area contributed by atoms with Crippen LogP contribution in [0.5, 0.6) is 0 Å². The molecular weight excluding hydrogens is 577 g/mol. The summed E-state index contributed by atoms with van der Waals surface area (Å²) in [7, 11) is -3.76. The van der Waals surface area contributed by atoms with E-state index in [2.05, 4.69) is 9.88 Å². The number of rotatable bonds is 5. The summed E-state index contributed by atoms with van der Waals surface area (Å²) in [5.74, 6) is -0.653. The number of halogens is 4. The Bertz CT molecular complexity index is 1560. The highest BCUT2D eigenvalue weighted by molar-refractivity contribution is 7.89. The monoisotopic (exact) mass is 602 g/mol. The quantitative estimate of drug-likeness (QED) is 0.471. The Balaban J connectivity index is 1.10. The van der Waals surface area contributed by atoms with Gasteiger partial charge in [0.15, 0.2) is 5.58 Å². The van der Waals surface area contributed by atoms with Gasteiger partial charge in [-0.05, 0) is 48.7 Å². The number of sulfonamides is 1. The third-order valence-corrected chi connectivity index (χ3v) is 9.30. The number of alkyl halides is 3. The smallest absolute Gasteiger partial charge is 0.417 e. The summed E-state index contributed by atoms with van der Waals surface area (Å²) in [4.78, 5) is 30.2. The van der Waals surface area contributed by atoms with Gasteiger partial charge < -0.3 is 14.1 Å². The number of nitrogens with zero attached hydrogens (tertiary/aromatic N) is 3. The van der Waals surface area contributed by atoms with E-state index >= 15 is 0 Å². The van der Waals surface area contributed by atoms with Crippen molar-refractivity contribution in [1.29, 1.82) is 0 Å². The van der Waals surface area contributed by atoms with Gasteiger partial charge in [0.2, 0.25) is 10.0 Å². The number of carbonyl (C=O) groups is 1. The molecule has 0 saturated carbocycles. The number of amides is 1. The first kappa shape index (κ1) is 28.5. The van der Waals surface area contributed by atoms with Crippen molar-refractivity contribution in [3.8, 4) is 0 Å². The van der Waals surface area contributed by atoms with Crippen molar-refractivity contribution in [2.45, 2.75) is 36.6 Å². The van der Waals surface area contributed by atoms with Gasteiger partial charge in [0.25, 0.3) is 0 Å². The molecule has 5 rings (SSSR count). The van der Waals surface area contributed by atoms with Crippen LogP contribution in [0.1, 0.15) is 24.0 Å². The van der Waals surface area contributed by atoms with Gasteiger partial charge in [-0.2, -0.15) is 17.5 Å². The predicted molar refractivity (Wildman–Crippen MR) is 138 cm³/mol. The molecule has 15 heteroatoms. The van der Waals surface area contributed by atoms with E-state index in [-0.39, 0.29) is 33.7 Å². The average molecular weight is 603 g/mol. The molecular formula is C25H26ClF3N4O6S. The molecule has 2 fully saturated rings. The molecule has 1 amide bonds. The van der Waals surface area contributed by atoms with Crippen LogP contribution in [0.15, 0.2) is 50.5 Å². The summed E-state index contributed by atoms with van der Waals surface area (Å²) in [6.07, 6.45) is -3.96. The average Bonchev–Trinajstić information content (AvgIpc) is 3.30. The molecule has 0 bridgehead atoms.